The molecule has 148 valence electrons. The fraction of sp³-hybridized carbons (Fsp3) is 0.364. The van der Waals surface area contributed by atoms with Crippen LogP contribution in [-0.4, -0.2) is 38.5 Å². The van der Waals surface area contributed by atoms with Crippen molar-refractivity contribution in [1.29, 1.82) is 0 Å². The van der Waals surface area contributed by atoms with Gasteiger partial charge in [-0.3, -0.25) is 9.59 Å². The van der Waals surface area contributed by atoms with Gasteiger partial charge < -0.3 is 19.7 Å². The largest absolute Gasteiger partial charge is 0.493 e. The van der Waals surface area contributed by atoms with E-state index in [2.05, 4.69) is 10.2 Å². The van der Waals surface area contributed by atoms with E-state index < -0.39 is 6.10 Å². The molecular formula is C22H26N2O4. The summed E-state index contributed by atoms with van der Waals surface area (Å²) in [6, 6.07) is 12.7. The van der Waals surface area contributed by atoms with Crippen LogP contribution in [0.1, 0.15) is 36.5 Å². The van der Waals surface area contributed by atoms with Crippen LogP contribution in [0.25, 0.3) is 0 Å². The van der Waals surface area contributed by atoms with E-state index in [4.69, 9.17) is 9.47 Å². The Morgan fingerprint density at radius 3 is 2.43 bits per heavy atom. The summed E-state index contributed by atoms with van der Waals surface area (Å²) in [7, 11) is 1.51. The standard InChI is InChI=1S/C22H26N2O4/c1-16(28-21-14-17(15-25)6-11-20(21)27-2)22(26)23-18-7-9-19(10-8-18)24-12-4-3-5-13-24/h6-11,14-16H,3-5,12-13H2,1-2H3,(H,23,26)/t16-/m0/s1. The molecule has 1 heterocycles. The number of ether oxygens (including phenoxy) is 2. The quantitative estimate of drug-likeness (QED) is 0.736. The Kier molecular flexibility index (Phi) is 6.53. The maximum Gasteiger partial charge on any atom is 0.265 e. The molecule has 0 spiro atoms. The lowest BCUT2D eigenvalue weighted by molar-refractivity contribution is -0.122. The molecule has 0 radical (unpaired) electrons. The summed E-state index contributed by atoms with van der Waals surface area (Å²) in [5, 5.41) is 2.87. The summed E-state index contributed by atoms with van der Waals surface area (Å²) in [5.74, 6) is 0.551. The minimum absolute atomic E-state index is 0.274. The van der Waals surface area contributed by atoms with Gasteiger partial charge in [0, 0.05) is 30.0 Å². The Labute approximate surface area is 165 Å². The number of rotatable bonds is 7. The fourth-order valence-corrected chi connectivity index (χ4v) is 3.25. The molecule has 0 unspecified atom stereocenters. The van der Waals surface area contributed by atoms with Crippen LogP contribution in [0.2, 0.25) is 0 Å². The first-order valence-electron chi connectivity index (χ1n) is 9.56. The van der Waals surface area contributed by atoms with Crippen LogP contribution in [-0.2, 0) is 4.79 Å². The average Bonchev–Trinajstić information content (AvgIpc) is 2.74. The predicted molar refractivity (Wildman–Crippen MR) is 110 cm³/mol. The number of carbonyl (C=O) groups is 2. The van der Waals surface area contributed by atoms with Crippen molar-refractivity contribution in [3.8, 4) is 11.5 Å². The molecule has 1 amide bonds. The fourth-order valence-electron chi connectivity index (χ4n) is 3.25. The van der Waals surface area contributed by atoms with Crippen molar-refractivity contribution in [3.63, 3.8) is 0 Å². The van der Waals surface area contributed by atoms with Crippen molar-refractivity contribution in [3.05, 3.63) is 48.0 Å². The molecule has 1 saturated heterocycles. The van der Waals surface area contributed by atoms with Crippen LogP contribution in [0, 0.1) is 0 Å². The number of methoxy groups -OCH3 is 1. The summed E-state index contributed by atoms with van der Waals surface area (Å²) < 4.78 is 11.0. The molecule has 2 aromatic carbocycles. The summed E-state index contributed by atoms with van der Waals surface area (Å²) in [6.07, 6.45) is 3.71. The minimum Gasteiger partial charge on any atom is -0.493 e. The number of piperidine rings is 1. The summed E-state index contributed by atoms with van der Waals surface area (Å²) in [4.78, 5) is 25.9. The van der Waals surface area contributed by atoms with Crippen LogP contribution >= 0.6 is 0 Å². The van der Waals surface area contributed by atoms with E-state index in [0.29, 0.717) is 17.1 Å². The van der Waals surface area contributed by atoms with Crippen LogP contribution in [0.4, 0.5) is 11.4 Å². The van der Waals surface area contributed by atoms with Gasteiger partial charge in [0.25, 0.3) is 5.91 Å². The second-order valence-electron chi connectivity index (χ2n) is 6.87. The molecule has 6 heteroatoms. The van der Waals surface area contributed by atoms with Crippen molar-refractivity contribution < 1.29 is 19.1 Å². The molecule has 0 bridgehead atoms. The highest BCUT2D eigenvalue weighted by Crippen LogP contribution is 2.29. The number of anilines is 2. The van der Waals surface area contributed by atoms with Gasteiger partial charge in [0.2, 0.25) is 0 Å². The van der Waals surface area contributed by atoms with E-state index in [1.54, 1.807) is 25.1 Å². The number of amides is 1. The van der Waals surface area contributed by atoms with Gasteiger partial charge in [-0.05, 0) is 68.7 Å². The monoisotopic (exact) mass is 382 g/mol. The topological polar surface area (TPSA) is 67.9 Å². The molecule has 0 saturated carbocycles. The van der Waals surface area contributed by atoms with Crippen LogP contribution < -0.4 is 19.7 Å². The third kappa shape index (κ3) is 4.82. The van der Waals surface area contributed by atoms with Crippen molar-refractivity contribution >= 4 is 23.6 Å². The van der Waals surface area contributed by atoms with E-state index >= 15 is 0 Å². The summed E-state index contributed by atoms with van der Waals surface area (Å²) in [6.45, 7) is 3.82. The normalized spacial score (nSPS) is 14.9. The first-order valence-corrected chi connectivity index (χ1v) is 9.56. The molecule has 0 aromatic heterocycles. The third-order valence-corrected chi connectivity index (χ3v) is 4.85. The molecule has 28 heavy (non-hydrogen) atoms. The van der Waals surface area contributed by atoms with Crippen molar-refractivity contribution in [2.45, 2.75) is 32.3 Å². The van der Waals surface area contributed by atoms with Gasteiger partial charge in [0.05, 0.1) is 7.11 Å². The number of nitrogens with zero attached hydrogens (tertiary/aromatic N) is 1. The zero-order valence-electron chi connectivity index (χ0n) is 16.3. The second kappa shape index (κ2) is 9.26. The molecule has 1 aliphatic rings. The minimum atomic E-state index is -0.752. The first-order chi connectivity index (χ1) is 13.6. The number of hydrogen-bond acceptors (Lipinski definition) is 5. The van der Waals surface area contributed by atoms with Gasteiger partial charge in [-0.2, -0.15) is 0 Å². The molecule has 2 aromatic rings. The number of nitrogens with one attached hydrogen (secondary N) is 1. The third-order valence-electron chi connectivity index (χ3n) is 4.85. The number of benzene rings is 2. The Bertz CT molecular complexity index is 814. The molecule has 1 N–H and O–H groups in total. The highest BCUT2D eigenvalue weighted by molar-refractivity contribution is 5.94. The van der Waals surface area contributed by atoms with E-state index in [0.717, 1.165) is 25.1 Å². The molecule has 1 fully saturated rings. The molecule has 3 rings (SSSR count). The number of carbonyl (C=O) groups excluding carboxylic acids is 2. The Hall–Kier alpha value is -3.02. The molecular weight excluding hydrogens is 356 g/mol. The average molecular weight is 382 g/mol. The first kappa shape index (κ1) is 19.7. The van der Waals surface area contributed by atoms with Crippen LogP contribution in [0.3, 0.4) is 0 Å². The van der Waals surface area contributed by atoms with Gasteiger partial charge >= 0.3 is 0 Å². The van der Waals surface area contributed by atoms with E-state index in [1.165, 1.54) is 32.1 Å². The molecule has 0 aliphatic carbocycles. The highest BCUT2D eigenvalue weighted by atomic mass is 16.5. The smallest absolute Gasteiger partial charge is 0.265 e. The summed E-state index contributed by atoms with van der Waals surface area (Å²) >= 11 is 0. The maximum atomic E-state index is 12.5. The van der Waals surface area contributed by atoms with E-state index in [9.17, 15) is 9.59 Å². The van der Waals surface area contributed by atoms with Gasteiger partial charge in [0.15, 0.2) is 17.6 Å². The lowest BCUT2D eigenvalue weighted by Gasteiger charge is -2.28. The SMILES string of the molecule is COc1ccc(C=O)cc1O[C@@H](C)C(=O)Nc1ccc(N2CCCCC2)cc1. The van der Waals surface area contributed by atoms with Gasteiger partial charge in [-0.1, -0.05) is 0 Å². The van der Waals surface area contributed by atoms with Crippen molar-refractivity contribution in [2.24, 2.45) is 0 Å². The molecule has 1 aliphatic heterocycles. The number of hydrogen-bond donors (Lipinski definition) is 1. The van der Waals surface area contributed by atoms with Gasteiger partial charge in [-0.25, -0.2) is 0 Å². The van der Waals surface area contributed by atoms with E-state index in [-0.39, 0.29) is 5.91 Å². The van der Waals surface area contributed by atoms with Gasteiger partial charge in [0.1, 0.15) is 6.29 Å². The maximum absolute atomic E-state index is 12.5. The number of aldehydes is 1. The highest BCUT2D eigenvalue weighted by Gasteiger charge is 2.18. The molecule has 1 atom stereocenters. The Balaban J connectivity index is 1.62. The van der Waals surface area contributed by atoms with Gasteiger partial charge in [-0.15, -0.1) is 0 Å². The lowest BCUT2D eigenvalue weighted by Crippen LogP contribution is -2.30. The van der Waals surface area contributed by atoms with E-state index in [1.807, 2.05) is 24.3 Å². The van der Waals surface area contributed by atoms with Crippen molar-refractivity contribution in [1.82, 2.24) is 0 Å². The van der Waals surface area contributed by atoms with Crippen molar-refractivity contribution in [2.75, 3.05) is 30.4 Å². The Morgan fingerprint density at radius 2 is 1.79 bits per heavy atom. The second-order valence-corrected chi connectivity index (χ2v) is 6.87. The van der Waals surface area contributed by atoms with Crippen LogP contribution in [0.15, 0.2) is 42.5 Å². The van der Waals surface area contributed by atoms with Crippen LogP contribution in [0.5, 0.6) is 11.5 Å². The Morgan fingerprint density at radius 1 is 1.07 bits per heavy atom. The zero-order chi connectivity index (χ0) is 19.9. The summed E-state index contributed by atoms with van der Waals surface area (Å²) in [5.41, 5.74) is 2.35. The zero-order valence-corrected chi connectivity index (χ0v) is 16.3. The predicted octanol–water partition coefficient (Wildman–Crippen LogP) is 3.90. The lowest BCUT2D eigenvalue weighted by atomic mass is 10.1. The molecule has 6 nitrogen and oxygen atoms in total.